The molecule has 7 nitrogen and oxygen atoms in total. The van der Waals surface area contributed by atoms with Gasteiger partial charge in [0, 0.05) is 43.7 Å². The SMILES string of the molecule is Oc1cccc(-c2nc(NCCc3cccnc3)cc(N3CCOCC3)n2)c1. The number of aromatic nitrogens is 3. The fraction of sp³-hybridized carbons (Fsp3) is 0.286. The van der Waals surface area contributed by atoms with Crippen molar-refractivity contribution in [1.82, 2.24) is 15.0 Å². The number of nitrogens with zero attached hydrogens (tertiary/aromatic N) is 4. The molecule has 0 amide bonds. The minimum Gasteiger partial charge on any atom is -0.508 e. The van der Waals surface area contributed by atoms with Crippen molar-refractivity contribution in [2.24, 2.45) is 0 Å². The highest BCUT2D eigenvalue weighted by Crippen LogP contribution is 2.25. The van der Waals surface area contributed by atoms with Gasteiger partial charge in [0.2, 0.25) is 0 Å². The molecule has 0 spiro atoms. The summed E-state index contributed by atoms with van der Waals surface area (Å²) in [6.07, 6.45) is 4.50. The highest BCUT2D eigenvalue weighted by molar-refractivity contribution is 5.63. The largest absolute Gasteiger partial charge is 0.508 e. The second-order valence-corrected chi connectivity index (χ2v) is 6.62. The zero-order valence-electron chi connectivity index (χ0n) is 15.6. The normalized spacial score (nSPS) is 14.1. The molecule has 0 atom stereocenters. The predicted octanol–water partition coefficient (Wildman–Crippen LogP) is 2.74. The summed E-state index contributed by atoms with van der Waals surface area (Å²) in [4.78, 5) is 15.7. The Bertz CT molecular complexity index is 914. The van der Waals surface area contributed by atoms with Crippen molar-refractivity contribution < 1.29 is 9.84 Å². The number of benzene rings is 1. The third kappa shape index (κ3) is 4.55. The second-order valence-electron chi connectivity index (χ2n) is 6.62. The first kappa shape index (κ1) is 18.2. The van der Waals surface area contributed by atoms with Gasteiger partial charge in [-0.05, 0) is 30.2 Å². The van der Waals surface area contributed by atoms with Crippen molar-refractivity contribution in [3.05, 3.63) is 60.4 Å². The number of morpholine rings is 1. The van der Waals surface area contributed by atoms with Crippen LogP contribution in [0.5, 0.6) is 5.75 Å². The number of anilines is 2. The van der Waals surface area contributed by atoms with Crippen molar-refractivity contribution in [3.8, 4) is 17.1 Å². The Labute approximate surface area is 164 Å². The molecule has 4 rings (SSSR count). The van der Waals surface area contributed by atoms with Gasteiger partial charge in [-0.2, -0.15) is 0 Å². The Kier molecular flexibility index (Phi) is 5.63. The first-order chi connectivity index (χ1) is 13.8. The molecule has 0 aliphatic carbocycles. The molecule has 1 fully saturated rings. The van der Waals surface area contributed by atoms with Crippen LogP contribution >= 0.6 is 0 Å². The monoisotopic (exact) mass is 377 g/mol. The minimum atomic E-state index is 0.198. The number of ether oxygens (including phenoxy) is 1. The van der Waals surface area contributed by atoms with E-state index in [0.717, 1.165) is 43.3 Å². The summed E-state index contributed by atoms with van der Waals surface area (Å²) in [6, 6.07) is 13.0. The summed E-state index contributed by atoms with van der Waals surface area (Å²) in [5.41, 5.74) is 1.95. The molecule has 1 aromatic carbocycles. The molecule has 1 saturated heterocycles. The maximum atomic E-state index is 9.83. The lowest BCUT2D eigenvalue weighted by molar-refractivity contribution is 0.122. The van der Waals surface area contributed by atoms with Crippen LogP contribution in [-0.4, -0.2) is 52.9 Å². The average molecular weight is 377 g/mol. The number of pyridine rings is 1. The molecule has 1 aliphatic heterocycles. The van der Waals surface area contributed by atoms with Crippen LogP contribution in [0.25, 0.3) is 11.4 Å². The Morgan fingerprint density at radius 2 is 1.96 bits per heavy atom. The number of aromatic hydroxyl groups is 1. The van der Waals surface area contributed by atoms with Crippen LogP contribution in [0, 0.1) is 0 Å². The zero-order chi connectivity index (χ0) is 19.2. The van der Waals surface area contributed by atoms with Crippen molar-refractivity contribution in [1.29, 1.82) is 0 Å². The summed E-state index contributed by atoms with van der Waals surface area (Å²) in [5, 5.41) is 13.2. The van der Waals surface area contributed by atoms with Gasteiger partial charge in [0.05, 0.1) is 13.2 Å². The summed E-state index contributed by atoms with van der Waals surface area (Å²) in [7, 11) is 0. The second kappa shape index (κ2) is 8.67. The molecule has 28 heavy (non-hydrogen) atoms. The third-order valence-corrected chi connectivity index (χ3v) is 4.59. The van der Waals surface area contributed by atoms with Crippen LogP contribution in [0.15, 0.2) is 54.9 Å². The Morgan fingerprint density at radius 3 is 2.75 bits per heavy atom. The van der Waals surface area contributed by atoms with E-state index >= 15 is 0 Å². The molecule has 1 aliphatic rings. The molecule has 3 heterocycles. The van der Waals surface area contributed by atoms with E-state index in [-0.39, 0.29) is 5.75 Å². The molecule has 7 heteroatoms. The average Bonchev–Trinajstić information content (AvgIpc) is 2.75. The Hall–Kier alpha value is -3.19. The molecule has 0 bridgehead atoms. The van der Waals surface area contributed by atoms with E-state index in [1.165, 1.54) is 5.56 Å². The first-order valence-electron chi connectivity index (χ1n) is 9.42. The predicted molar refractivity (Wildman–Crippen MR) is 109 cm³/mol. The maximum Gasteiger partial charge on any atom is 0.163 e. The van der Waals surface area contributed by atoms with Gasteiger partial charge in [-0.25, -0.2) is 9.97 Å². The van der Waals surface area contributed by atoms with Crippen molar-refractivity contribution in [3.63, 3.8) is 0 Å². The molecule has 3 aromatic rings. The number of phenols is 1. The number of hydrogen-bond donors (Lipinski definition) is 2. The van der Waals surface area contributed by atoms with Gasteiger partial charge >= 0.3 is 0 Å². The fourth-order valence-corrected chi connectivity index (χ4v) is 3.13. The first-order valence-corrected chi connectivity index (χ1v) is 9.42. The summed E-state index contributed by atoms with van der Waals surface area (Å²) in [6.45, 7) is 3.71. The quantitative estimate of drug-likeness (QED) is 0.683. The van der Waals surface area contributed by atoms with Gasteiger partial charge in [-0.1, -0.05) is 18.2 Å². The topological polar surface area (TPSA) is 83.4 Å². The zero-order valence-corrected chi connectivity index (χ0v) is 15.6. The molecular formula is C21H23N5O2. The maximum absolute atomic E-state index is 9.83. The highest BCUT2D eigenvalue weighted by Gasteiger charge is 2.16. The lowest BCUT2D eigenvalue weighted by Crippen LogP contribution is -2.36. The van der Waals surface area contributed by atoms with Crippen LogP contribution in [0.2, 0.25) is 0 Å². The standard InChI is InChI=1S/C21H23N5O2/c27-18-5-1-4-17(13-18)21-24-19(23-8-6-16-3-2-7-22-15-16)14-20(25-21)26-9-11-28-12-10-26/h1-5,7,13-15,27H,6,8-12H2,(H,23,24,25). The Morgan fingerprint density at radius 1 is 1.07 bits per heavy atom. The fourth-order valence-electron chi connectivity index (χ4n) is 3.13. The molecule has 2 N–H and O–H groups in total. The van der Waals surface area contributed by atoms with E-state index in [4.69, 9.17) is 9.72 Å². The molecule has 2 aromatic heterocycles. The number of rotatable bonds is 6. The summed E-state index contributed by atoms with van der Waals surface area (Å²) >= 11 is 0. The minimum absolute atomic E-state index is 0.198. The lowest BCUT2D eigenvalue weighted by atomic mass is 10.2. The van der Waals surface area contributed by atoms with Crippen LogP contribution < -0.4 is 10.2 Å². The lowest BCUT2D eigenvalue weighted by Gasteiger charge is -2.28. The van der Waals surface area contributed by atoms with E-state index < -0.39 is 0 Å². The number of phenolic OH excluding ortho intramolecular Hbond substituents is 1. The van der Waals surface area contributed by atoms with Crippen LogP contribution in [0.1, 0.15) is 5.56 Å². The van der Waals surface area contributed by atoms with Crippen LogP contribution in [0.4, 0.5) is 11.6 Å². The third-order valence-electron chi connectivity index (χ3n) is 4.59. The van der Waals surface area contributed by atoms with E-state index in [1.54, 1.807) is 24.4 Å². The highest BCUT2D eigenvalue weighted by atomic mass is 16.5. The van der Waals surface area contributed by atoms with Crippen molar-refractivity contribution in [2.45, 2.75) is 6.42 Å². The van der Waals surface area contributed by atoms with Crippen LogP contribution in [-0.2, 0) is 11.2 Å². The molecule has 0 unspecified atom stereocenters. The smallest absolute Gasteiger partial charge is 0.163 e. The van der Waals surface area contributed by atoms with E-state index in [2.05, 4.69) is 26.3 Å². The molecule has 144 valence electrons. The van der Waals surface area contributed by atoms with Gasteiger partial charge in [0.1, 0.15) is 17.4 Å². The molecule has 0 saturated carbocycles. The Balaban J connectivity index is 1.57. The number of nitrogens with one attached hydrogen (secondary N) is 1. The summed E-state index contributed by atoms with van der Waals surface area (Å²) < 4.78 is 5.46. The number of hydrogen-bond acceptors (Lipinski definition) is 7. The van der Waals surface area contributed by atoms with E-state index in [0.29, 0.717) is 19.0 Å². The van der Waals surface area contributed by atoms with Gasteiger partial charge in [-0.3, -0.25) is 4.98 Å². The van der Waals surface area contributed by atoms with Crippen LogP contribution in [0.3, 0.4) is 0 Å². The molecular weight excluding hydrogens is 354 g/mol. The van der Waals surface area contributed by atoms with Gasteiger partial charge in [0.25, 0.3) is 0 Å². The van der Waals surface area contributed by atoms with Gasteiger partial charge in [0.15, 0.2) is 5.82 Å². The van der Waals surface area contributed by atoms with Crippen molar-refractivity contribution >= 4 is 11.6 Å². The summed E-state index contributed by atoms with van der Waals surface area (Å²) in [5.74, 6) is 2.41. The molecule has 0 radical (unpaired) electrons. The van der Waals surface area contributed by atoms with Gasteiger partial charge < -0.3 is 20.1 Å². The van der Waals surface area contributed by atoms with Crippen molar-refractivity contribution in [2.75, 3.05) is 43.1 Å². The van der Waals surface area contributed by atoms with Gasteiger partial charge in [-0.15, -0.1) is 0 Å². The van der Waals surface area contributed by atoms with E-state index in [9.17, 15) is 5.11 Å². The van der Waals surface area contributed by atoms with E-state index in [1.807, 2.05) is 24.4 Å².